The molecule has 2 heterocycles. The summed E-state index contributed by atoms with van der Waals surface area (Å²) in [5.41, 5.74) is -0.656. The number of H-pyrrole nitrogens is 2. The molecule has 0 unspecified atom stereocenters. The van der Waals surface area contributed by atoms with Crippen LogP contribution in [0.25, 0.3) is 12.2 Å². The summed E-state index contributed by atoms with van der Waals surface area (Å²) in [6.45, 7) is -1.64. The molecule has 0 aliphatic heterocycles. The molecule has 0 radical (unpaired) electrons. The standard InChI is InChI=1S/C40H44N12O16S4.2Na/c53-19-15-51(16-20-54)39-47-35(41-27-7-11-31(12-8-27)69(57,58)59)45-37(49-39)43-29-5-3-25(33(23-29)71(63,64)65)1-2-26-4-6-30(24-34(26)72(66,67)68)44-38-46-36(48-40(50-38)52(17-21-55)18-22-56)42-28-9-13-32(14-10-28)70(60,61)62;;/h1-14,23-24,53-56H,15-22H2,(H,57,58,59)(H,60,61,62)(H,63,64,65)(H,66,67,68)(H2,41,43,45,47,49)(H2,42,44,46,48,50);;/q;2*+1/p-2/b2-1+;;. The van der Waals surface area contributed by atoms with Gasteiger partial charge in [0.25, 0.3) is 20.2 Å². The number of aliphatic hydroxyl groups is 4. The van der Waals surface area contributed by atoms with Crippen molar-refractivity contribution in [2.75, 3.05) is 73.0 Å². The van der Waals surface area contributed by atoms with E-state index in [0.29, 0.717) is 0 Å². The molecule has 74 heavy (non-hydrogen) atoms. The van der Waals surface area contributed by atoms with Gasteiger partial charge in [-0.1, -0.05) is 24.3 Å². The van der Waals surface area contributed by atoms with Crippen LogP contribution < -0.4 is 90.8 Å². The van der Waals surface area contributed by atoms with Crippen LogP contribution in [0.4, 0.5) is 46.5 Å². The van der Waals surface area contributed by atoms with Crippen molar-refractivity contribution in [3.8, 4) is 0 Å². The fourth-order valence-corrected chi connectivity index (χ4v) is 8.76. The monoisotopic (exact) mass is 1120 g/mol. The molecular formula is C40H42N12Na2O16S4. The van der Waals surface area contributed by atoms with Crippen LogP contribution in [0, 0.1) is 0 Å². The molecule has 0 spiro atoms. The van der Waals surface area contributed by atoms with Crippen molar-refractivity contribution in [3.63, 3.8) is 0 Å². The normalized spacial score (nSPS) is 12.5. The second-order valence-corrected chi connectivity index (χ2v) is 20.2. The number of hydrogen-bond donors (Lipinski definition) is 10. The predicted octanol–water partition coefficient (Wildman–Crippen LogP) is -6.06. The largest absolute Gasteiger partial charge is 1.00 e. The van der Waals surface area contributed by atoms with Crippen LogP contribution in [0.2, 0.25) is 0 Å². The third kappa shape index (κ3) is 17.2. The molecule has 0 aliphatic rings. The Morgan fingerprint density at radius 3 is 1.12 bits per heavy atom. The summed E-state index contributed by atoms with van der Waals surface area (Å²) in [4.78, 5) is 31.8. The first kappa shape index (κ1) is 61.5. The summed E-state index contributed by atoms with van der Waals surface area (Å²) in [5.74, 6) is -0.335. The van der Waals surface area contributed by atoms with E-state index in [4.69, 9.17) is 0 Å². The van der Waals surface area contributed by atoms with Gasteiger partial charge in [-0.2, -0.15) is 36.8 Å². The third-order valence-electron chi connectivity index (χ3n) is 9.63. The zero-order chi connectivity index (χ0) is 52.4. The van der Waals surface area contributed by atoms with Crippen molar-refractivity contribution in [1.82, 2.24) is 29.9 Å². The number of hydrogen-bond acceptors (Lipinski definition) is 24. The average Bonchev–Trinajstić information content (AvgIpc) is 3.30. The topological polar surface area (TPSA) is 442 Å². The Balaban J connectivity index is 0.00000593. The van der Waals surface area contributed by atoms with Crippen LogP contribution in [0.3, 0.4) is 0 Å². The Kier molecular flexibility index (Phi) is 22.1. The molecule has 4 aromatic carbocycles. The molecule has 0 bridgehead atoms. The van der Waals surface area contributed by atoms with Gasteiger partial charge in [-0.25, -0.2) is 26.8 Å². The van der Waals surface area contributed by atoms with E-state index in [1.54, 1.807) is 0 Å². The maximum atomic E-state index is 12.8. The van der Waals surface area contributed by atoms with Gasteiger partial charge in [0.2, 0.25) is 35.0 Å². The van der Waals surface area contributed by atoms with E-state index in [1.165, 1.54) is 58.3 Å². The predicted molar refractivity (Wildman–Crippen MR) is 253 cm³/mol. The Morgan fingerprint density at radius 1 is 0.514 bits per heavy atom. The molecule has 0 saturated heterocycles. The fraction of sp³-hybridized carbons (Fsp3) is 0.200. The second kappa shape index (κ2) is 26.6. The van der Waals surface area contributed by atoms with Crippen molar-refractivity contribution < 1.29 is 131 Å². The molecule has 0 saturated carbocycles. The first-order valence-electron chi connectivity index (χ1n) is 20.5. The van der Waals surface area contributed by atoms with Gasteiger partial charge in [0.15, 0.2) is 0 Å². The Labute approximate surface area is 466 Å². The zero-order valence-corrected chi connectivity index (χ0v) is 46.1. The number of aromatic amines is 2. The summed E-state index contributed by atoms with van der Waals surface area (Å²) < 4.78 is 140. The number of nitrogens with zero attached hydrogens (tertiary/aromatic N) is 8. The molecule has 0 aliphatic carbocycles. The fourth-order valence-electron chi connectivity index (χ4n) is 6.41. The summed E-state index contributed by atoms with van der Waals surface area (Å²) in [5, 5.41) is 44.2. The molecule has 0 atom stereocenters. The average molecular weight is 1120 g/mol. The second-order valence-electron chi connectivity index (χ2n) is 14.7. The molecule has 6 rings (SSSR count). The maximum Gasteiger partial charge on any atom is 1.00 e. The Morgan fingerprint density at radius 2 is 0.838 bits per heavy atom. The number of benzene rings is 4. The summed E-state index contributed by atoms with van der Waals surface area (Å²) >= 11 is 0. The van der Waals surface area contributed by atoms with Crippen LogP contribution in [0.15, 0.2) is 114 Å². The molecule has 2 aromatic heterocycles. The minimum Gasteiger partial charge on any atom is -0.744 e. The van der Waals surface area contributed by atoms with Gasteiger partial charge in [-0.05, 0) is 83.9 Å². The van der Waals surface area contributed by atoms with Gasteiger partial charge >= 0.3 is 59.1 Å². The number of rotatable bonds is 22. The molecule has 34 heteroatoms. The quantitative estimate of drug-likeness (QED) is 0.0172. The molecule has 0 fully saturated rings. The van der Waals surface area contributed by atoms with Gasteiger partial charge in [0.05, 0.1) is 47.6 Å². The molecule has 0 amide bonds. The third-order valence-corrected chi connectivity index (χ3v) is 13.2. The van der Waals surface area contributed by atoms with Crippen LogP contribution in [0.5, 0.6) is 0 Å². The van der Waals surface area contributed by atoms with Crippen molar-refractivity contribution in [1.29, 1.82) is 0 Å². The van der Waals surface area contributed by atoms with Gasteiger partial charge in [0, 0.05) is 37.6 Å². The first-order valence-corrected chi connectivity index (χ1v) is 26.2. The van der Waals surface area contributed by atoms with Gasteiger partial charge < -0.3 is 50.0 Å². The molecule has 6 aromatic rings. The smallest absolute Gasteiger partial charge is 0.744 e. The number of anilines is 6. The molecule has 10 N–H and O–H groups in total. The van der Waals surface area contributed by atoms with E-state index in [1.807, 2.05) is 0 Å². The van der Waals surface area contributed by atoms with Crippen LogP contribution in [-0.4, -0.2) is 155 Å². The van der Waals surface area contributed by atoms with Gasteiger partial charge in [-0.3, -0.25) is 19.1 Å². The number of aromatic nitrogens is 6. The van der Waals surface area contributed by atoms with E-state index in [9.17, 15) is 72.3 Å². The molecule has 384 valence electrons. The Hall–Kier alpha value is -5.08. The van der Waals surface area contributed by atoms with E-state index in [0.717, 1.165) is 48.6 Å². The molecular weight excluding hydrogens is 1080 g/mol. The number of nitrogens with one attached hydrogen (secondary N) is 4. The minimum absolute atomic E-state index is 0. The van der Waals surface area contributed by atoms with Crippen LogP contribution in [-0.2, 0) is 40.5 Å². The maximum absolute atomic E-state index is 12.8. The van der Waals surface area contributed by atoms with E-state index in [2.05, 4.69) is 50.5 Å². The van der Waals surface area contributed by atoms with Crippen LogP contribution in [0.1, 0.15) is 11.1 Å². The van der Waals surface area contributed by atoms with Crippen molar-refractivity contribution in [2.24, 2.45) is 9.98 Å². The Bertz CT molecular complexity index is 3330. The summed E-state index contributed by atoms with van der Waals surface area (Å²) in [6.07, 6.45) is 2.24. The van der Waals surface area contributed by atoms with Crippen molar-refractivity contribution >= 4 is 99.2 Å². The number of aliphatic hydroxyl groups excluding tert-OH is 4. The van der Waals surface area contributed by atoms with Gasteiger partial charge in [0.1, 0.15) is 30.0 Å². The van der Waals surface area contributed by atoms with Crippen molar-refractivity contribution in [2.45, 2.75) is 19.6 Å². The van der Waals surface area contributed by atoms with E-state index < -0.39 is 60.1 Å². The van der Waals surface area contributed by atoms with Crippen LogP contribution >= 0.6 is 0 Å². The first-order chi connectivity index (χ1) is 34.0. The van der Waals surface area contributed by atoms with Gasteiger partial charge in [-0.15, -0.1) is 0 Å². The van der Waals surface area contributed by atoms with E-state index in [-0.39, 0.29) is 181 Å². The van der Waals surface area contributed by atoms with Crippen molar-refractivity contribution in [3.05, 3.63) is 107 Å². The molecule has 28 nitrogen and oxygen atoms in total. The van der Waals surface area contributed by atoms with E-state index >= 15 is 0 Å². The summed E-state index contributed by atoms with van der Waals surface area (Å²) in [7, 11) is -19.6. The summed E-state index contributed by atoms with van der Waals surface area (Å²) in [6, 6.07) is 16.1. The minimum atomic E-state index is -5.05. The SMILES string of the molecule is O=S(=O)([O-])c1ccc(Nc2nc(N(CCO)CCO)[nH]c(=Nc3ccc(/C=C/c4ccc(N=c5nc(Nc6ccc(S(=O)(=O)[O-])cc6)nc(N(CCO)CCO)[nH]5)cc4S(=O)(=O)O)c(S(=O)(=O)O)c3)n2)cc1.[Na+].[Na+]. The zero-order valence-electron chi connectivity index (χ0n) is 38.9.